The summed E-state index contributed by atoms with van der Waals surface area (Å²) in [6.45, 7) is 3.92. The molecule has 0 aliphatic heterocycles. The zero-order valence-corrected chi connectivity index (χ0v) is 19.1. The summed E-state index contributed by atoms with van der Waals surface area (Å²) in [5, 5.41) is 14.1. The van der Waals surface area contributed by atoms with E-state index in [9.17, 15) is 4.79 Å². The van der Waals surface area contributed by atoms with Gasteiger partial charge in [-0.3, -0.25) is 4.79 Å². The third kappa shape index (κ3) is 4.18. The van der Waals surface area contributed by atoms with E-state index in [-0.39, 0.29) is 10.8 Å². The van der Waals surface area contributed by atoms with Crippen LogP contribution >= 0.6 is 34.4 Å². The van der Waals surface area contributed by atoms with Crippen LogP contribution in [0.15, 0.2) is 55.5 Å². The van der Waals surface area contributed by atoms with Gasteiger partial charge >= 0.3 is 0 Å². The molecule has 0 amide bonds. The summed E-state index contributed by atoms with van der Waals surface area (Å²) in [6, 6.07) is 9.86. The number of thiazole rings is 1. The Morgan fingerprint density at radius 2 is 1.97 bits per heavy atom. The average molecular weight is 468 g/mol. The molecule has 31 heavy (non-hydrogen) atoms. The zero-order valence-electron chi connectivity index (χ0n) is 16.7. The van der Waals surface area contributed by atoms with E-state index in [1.807, 2.05) is 54.9 Å². The smallest absolute Gasteiger partial charge is 0.277 e. The molecule has 0 aliphatic carbocycles. The summed E-state index contributed by atoms with van der Waals surface area (Å²) in [4.78, 5) is 25.6. The van der Waals surface area contributed by atoms with Crippen molar-refractivity contribution in [3.63, 3.8) is 0 Å². The Labute approximate surface area is 189 Å². The first-order valence-electron chi connectivity index (χ1n) is 9.53. The number of aryl methyl sites for hydroxylation is 1. The summed E-state index contributed by atoms with van der Waals surface area (Å²) >= 11 is 4.43. The first-order valence-corrected chi connectivity index (χ1v) is 12.2. The molecule has 1 aromatic carbocycles. The number of nitrogens with one attached hydrogen (secondary N) is 1. The maximum atomic E-state index is 12.9. The van der Waals surface area contributed by atoms with Gasteiger partial charge in [0, 0.05) is 16.3 Å². The van der Waals surface area contributed by atoms with Gasteiger partial charge in [0.15, 0.2) is 0 Å². The van der Waals surface area contributed by atoms with Gasteiger partial charge in [-0.25, -0.2) is 9.97 Å². The van der Waals surface area contributed by atoms with Gasteiger partial charge in [0.1, 0.15) is 10.7 Å². The average Bonchev–Trinajstić information content (AvgIpc) is 3.49. The van der Waals surface area contributed by atoms with Crippen molar-refractivity contribution >= 4 is 44.7 Å². The molecule has 7 nitrogen and oxygen atoms in total. The SMILES string of the molecule is Cc1nc(Cc2nnc(SC(C)c3nc4scc(-c5ccccc5)c4c(=O)[nH]3)o2)cs1. The second-order valence-corrected chi connectivity index (χ2v) is 10.1. The van der Waals surface area contributed by atoms with Crippen LogP contribution in [0.3, 0.4) is 0 Å². The molecule has 1 N–H and O–H groups in total. The number of thiophene rings is 1. The van der Waals surface area contributed by atoms with E-state index in [4.69, 9.17) is 9.40 Å². The number of rotatable bonds is 6. The van der Waals surface area contributed by atoms with Gasteiger partial charge in [-0.15, -0.1) is 32.9 Å². The van der Waals surface area contributed by atoms with E-state index in [0.717, 1.165) is 26.7 Å². The number of aromatic nitrogens is 5. The molecule has 0 radical (unpaired) electrons. The number of benzene rings is 1. The zero-order chi connectivity index (χ0) is 21.4. The van der Waals surface area contributed by atoms with Crippen LogP contribution in [-0.2, 0) is 6.42 Å². The van der Waals surface area contributed by atoms with Crippen molar-refractivity contribution in [2.45, 2.75) is 30.7 Å². The first-order chi connectivity index (χ1) is 15.1. The van der Waals surface area contributed by atoms with Crippen molar-refractivity contribution in [2.75, 3.05) is 0 Å². The van der Waals surface area contributed by atoms with Gasteiger partial charge in [0.05, 0.1) is 27.8 Å². The Bertz CT molecular complexity index is 1400. The highest BCUT2D eigenvalue weighted by Gasteiger charge is 2.19. The van der Waals surface area contributed by atoms with E-state index in [0.29, 0.717) is 28.7 Å². The molecule has 0 saturated carbocycles. The Hall–Kier alpha value is -2.82. The molecular weight excluding hydrogens is 450 g/mol. The predicted octanol–water partition coefficient (Wildman–Crippen LogP) is 5.24. The minimum atomic E-state index is -0.158. The standard InChI is InChI=1S/C21H17N5O2S3/c1-11(31-21-26-25-16(28-21)8-14-9-29-12(2)22-14)18-23-19(27)17-15(10-30-20(17)24-18)13-6-4-3-5-7-13/h3-7,9-11H,8H2,1-2H3,(H,23,24,27). The van der Waals surface area contributed by atoms with E-state index >= 15 is 0 Å². The minimum Gasteiger partial charge on any atom is -0.416 e. The quantitative estimate of drug-likeness (QED) is 0.341. The van der Waals surface area contributed by atoms with Crippen molar-refractivity contribution in [3.8, 4) is 11.1 Å². The lowest BCUT2D eigenvalue weighted by atomic mass is 10.1. The van der Waals surface area contributed by atoms with Gasteiger partial charge in [-0.1, -0.05) is 42.1 Å². The fourth-order valence-corrected chi connectivity index (χ4v) is 5.52. The van der Waals surface area contributed by atoms with E-state index in [2.05, 4.69) is 20.2 Å². The van der Waals surface area contributed by atoms with Crippen molar-refractivity contribution in [2.24, 2.45) is 0 Å². The number of aromatic amines is 1. The predicted molar refractivity (Wildman–Crippen MR) is 124 cm³/mol. The Morgan fingerprint density at radius 3 is 2.74 bits per heavy atom. The monoisotopic (exact) mass is 467 g/mol. The first kappa shape index (κ1) is 20.1. The third-order valence-corrected chi connectivity index (χ3v) is 7.29. The fourth-order valence-electron chi connectivity index (χ4n) is 3.20. The summed E-state index contributed by atoms with van der Waals surface area (Å²) in [6.07, 6.45) is 0.505. The lowest BCUT2D eigenvalue weighted by Crippen LogP contribution is -2.12. The van der Waals surface area contributed by atoms with Crippen LogP contribution in [0.5, 0.6) is 0 Å². The molecule has 5 aromatic rings. The largest absolute Gasteiger partial charge is 0.416 e. The van der Waals surface area contributed by atoms with Crippen molar-refractivity contribution in [1.29, 1.82) is 0 Å². The van der Waals surface area contributed by atoms with Gasteiger partial charge < -0.3 is 9.40 Å². The molecule has 0 fully saturated rings. The fraction of sp³-hybridized carbons (Fsp3) is 0.190. The molecule has 0 bridgehead atoms. The number of hydrogen-bond donors (Lipinski definition) is 1. The van der Waals surface area contributed by atoms with Gasteiger partial charge in [-0.2, -0.15) is 0 Å². The lowest BCUT2D eigenvalue weighted by molar-refractivity contribution is 0.418. The molecule has 1 unspecified atom stereocenters. The van der Waals surface area contributed by atoms with Crippen molar-refractivity contribution < 1.29 is 4.42 Å². The van der Waals surface area contributed by atoms with Gasteiger partial charge in [-0.05, 0) is 19.4 Å². The highest BCUT2D eigenvalue weighted by Crippen LogP contribution is 2.35. The molecule has 0 spiro atoms. The molecule has 10 heteroatoms. The number of H-pyrrole nitrogens is 1. The summed E-state index contributed by atoms with van der Waals surface area (Å²) in [5.41, 5.74) is 2.68. The molecule has 0 aliphatic rings. The molecule has 4 aromatic heterocycles. The van der Waals surface area contributed by atoms with Crippen LogP contribution in [0.4, 0.5) is 0 Å². The summed E-state index contributed by atoms with van der Waals surface area (Å²) in [5.74, 6) is 1.10. The number of nitrogens with zero attached hydrogens (tertiary/aromatic N) is 4. The maximum Gasteiger partial charge on any atom is 0.277 e. The van der Waals surface area contributed by atoms with E-state index < -0.39 is 0 Å². The highest BCUT2D eigenvalue weighted by atomic mass is 32.2. The van der Waals surface area contributed by atoms with Crippen molar-refractivity contribution in [1.82, 2.24) is 25.1 Å². The molecule has 4 heterocycles. The van der Waals surface area contributed by atoms with E-state index in [1.54, 1.807) is 11.3 Å². The number of fused-ring (bicyclic) bond motifs is 1. The topological polar surface area (TPSA) is 97.6 Å². The molecular formula is C21H17N5O2S3. The third-order valence-electron chi connectivity index (χ3n) is 4.66. The van der Waals surface area contributed by atoms with E-state index in [1.165, 1.54) is 23.1 Å². The maximum absolute atomic E-state index is 12.9. The molecule has 0 saturated heterocycles. The number of hydrogen-bond acceptors (Lipinski definition) is 9. The van der Waals surface area contributed by atoms with Crippen LogP contribution in [0, 0.1) is 6.92 Å². The van der Waals surface area contributed by atoms with Gasteiger partial charge in [0.25, 0.3) is 10.8 Å². The second kappa shape index (κ2) is 8.37. The minimum absolute atomic E-state index is 0.141. The van der Waals surface area contributed by atoms with Crippen LogP contribution < -0.4 is 5.56 Å². The van der Waals surface area contributed by atoms with Gasteiger partial charge in [0.2, 0.25) is 5.89 Å². The summed E-state index contributed by atoms with van der Waals surface area (Å²) in [7, 11) is 0. The molecule has 156 valence electrons. The highest BCUT2D eigenvalue weighted by molar-refractivity contribution is 7.99. The van der Waals surface area contributed by atoms with Crippen LogP contribution in [0.25, 0.3) is 21.3 Å². The normalized spacial score (nSPS) is 12.5. The van der Waals surface area contributed by atoms with Crippen LogP contribution in [0.2, 0.25) is 0 Å². The van der Waals surface area contributed by atoms with Crippen LogP contribution in [0.1, 0.15) is 34.6 Å². The van der Waals surface area contributed by atoms with Crippen molar-refractivity contribution in [3.05, 3.63) is 73.9 Å². The van der Waals surface area contributed by atoms with Crippen LogP contribution in [-0.4, -0.2) is 25.1 Å². The lowest BCUT2D eigenvalue weighted by Gasteiger charge is -2.07. The number of thioether (sulfide) groups is 1. The Morgan fingerprint density at radius 1 is 1.13 bits per heavy atom. The Kier molecular flexibility index (Phi) is 5.43. The molecule has 1 atom stereocenters. The second-order valence-electron chi connectivity index (χ2n) is 6.90. The molecule has 5 rings (SSSR count). The summed E-state index contributed by atoms with van der Waals surface area (Å²) < 4.78 is 5.76. The Balaban J connectivity index is 1.37.